The molecule has 0 bridgehead atoms. The minimum Gasteiger partial charge on any atom is -0.309 e. The number of aromatic nitrogens is 4. The number of fused-ring (bicyclic) bond motifs is 13. The number of benzene rings is 7. The highest BCUT2D eigenvalue weighted by molar-refractivity contribution is 7.27. The molecule has 11 rings (SSSR count). The fourth-order valence-corrected chi connectivity index (χ4v) is 9.13. The Balaban J connectivity index is 1.46. The Morgan fingerprint density at radius 2 is 0.980 bits per heavy atom. The maximum absolute atomic E-state index is 5.45. The first-order chi connectivity index (χ1) is 24.3. The van der Waals surface area contributed by atoms with Crippen LogP contribution in [0.5, 0.6) is 0 Å². The smallest absolute Gasteiger partial charge is 0.165 e. The van der Waals surface area contributed by atoms with E-state index in [1.807, 2.05) is 23.5 Å². The summed E-state index contributed by atoms with van der Waals surface area (Å²) in [6.07, 6.45) is 0. The molecule has 4 nitrogen and oxygen atoms in total. The molecule has 7 aromatic carbocycles. The highest BCUT2D eigenvalue weighted by atomic mass is 32.1. The van der Waals surface area contributed by atoms with Crippen LogP contribution < -0.4 is 0 Å². The van der Waals surface area contributed by atoms with Crippen molar-refractivity contribution in [2.75, 3.05) is 0 Å². The lowest BCUT2D eigenvalue weighted by Gasteiger charge is -2.14. The van der Waals surface area contributed by atoms with Crippen molar-refractivity contribution in [2.24, 2.45) is 0 Å². The Kier molecular flexibility index (Phi) is 5.51. The number of rotatable bonds is 3. The molecule has 0 amide bonds. The number of hydrogen-bond donors (Lipinski definition) is 0. The zero-order valence-electron chi connectivity index (χ0n) is 26.2. The average molecular weight is 643 g/mol. The highest BCUT2D eigenvalue weighted by Gasteiger charge is 2.28. The van der Waals surface area contributed by atoms with Gasteiger partial charge in [0.25, 0.3) is 0 Å². The van der Waals surface area contributed by atoms with Gasteiger partial charge < -0.3 is 4.57 Å². The maximum Gasteiger partial charge on any atom is 0.165 e. The second-order valence-electron chi connectivity index (χ2n) is 12.5. The van der Waals surface area contributed by atoms with Gasteiger partial charge in [0.2, 0.25) is 0 Å². The molecule has 0 radical (unpaired) electrons. The third kappa shape index (κ3) is 3.68. The van der Waals surface area contributed by atoms with Crippen molar-refractivity contribution in [1.82, 2.24) is 19.1 Å². The molecule has 0 aliphatic rings. The summed E-state index contributed by atoms with van der Waals surface area (Å²) >= 11 is 1.87. The predicted octanol–water partition coefficient (Wildman–Crippen LogP) is 11.9. The van der Waals surface area contributed by atoms with Gasteiger partial charge in [-0.05, 0) is 42.5 Å². The third-order valence-corrected chi connectivity index (χ3v) is 11.0. The van der Waals surface area contributed by atoms with E-state index >= 15 is 0 Å². The van der Waals surface area contributed by atoms with Crippen LogP contribution in [0.4, 0.5) is 0 Å². The molecule has 0 aliphatic heterocycles. The minimum atomic E-state index is 0.834. The molecule has 49 heavy (non-hydrogen) atoms. The summed E-state index contributed by atoms with van der Waals surface area (Å²) in [6, 6.07) is 56.0. The normalized spacial score (nSPS) is 12.1. The first kappa shape index (κ1) is 26.7. The van der Waals surface area contributed by atoms with Gasteiger partial charge in [0.05, 0.1) is 37.8 Å². The predicted molar refractivity (Wildman–Crippen MR) is 207 cm³/mol. The Morgan fingerprint density at radius 3 is 1.71 bits per heavy atom. The van der Waals surface area contributed by atoms with Crippen molar-refractivity contribution in [3.05, 3.63) is 158 Å². The lowest BCUT2D eigenvalue weighted by atomic mass is 10.0. The molecule has 4 aromatic heterocycles. The van der Waals surface area contributed by atoms with Crippen LogP contribution in [0.1, 0.15) is 0 Å². The molecule has 0 aliphatic carbocycles. The summed E-state index contributed by atoms with van der Waals surface area (Å²) in [4.78, 5) is 10.8. The Hall–Kier alpha value is -6.30. The Bertz CT molecular complexity index is 3100. The van der Waals surface area contributed by atoms with Crippen LogP contribution in [-0.2, 0) is 0 Å². The number of hydrogen-bond acceptors (Lipinski definition) is 3. The summed E-state index contributed by atoms with van der Waals surface area (Å²) < 4.78 is 7.39. The summed E-state index contributed by atoms with van der Waals surface area (Å²) in [6.45, 7) is 0. The molecule has 228 valence electrons. The van der Waals surface area contributed by atoms with E-state index < -0.39 is 0 Å². The number of thiophene rings is 1. The van der Waals surface area contributed by atoms with Crippen LogP contribution in [0.2, 0.25) is 0 Å². The van der Waals surface area contributed by atoms with Gasteiger partial charge in [-0.25, -0.2) is 9.97 Å². The first-order valence-electron chi connectivity index (χ1n) is 16.5. The molecule has 0 unspecified atom stereocenters. The molecule has 0 N–H and O–H groups in total. The molecule has 5 heteroatoms. The van der Waals surface area contributed by atoms with Gasteiger partial charge in [0, 0.05) is 48.3 Å². The van der Waals surface area contributed by atoms with Crippen LogP contribution >= 0.6 is 11.3 Å². The van der Waals surface area contributed by atoms with Crippen LogP contribution in [0, 0.1) is 0 Å². The fraction of sp³-hybridized carbons (Fsp3) is 0. The van der Waals surface area contributed by atoms with E-state index in [1.165, 1.54) is 58.3 Å². The molecule has 0 spiro atoms. The van der Waals surface area contributed by atoms with Crippen LogP contribution in [0.3, 0.4) is 0 Å². The second-order valence-corrected chi connectivity index (χ2v) is 13.6. The topological polar surface area (TPSA) is 35.6 Å². The van der Waals surface area contributed by atoms with Gasteiger partial charge in [-0.1, -0.05) is 115 Å². The molecule has 0 atom stereocenters. The average Bonchev–Trinajstić information content (AvgIpc) is 3.83. The van der Waals surface area contributed by atoms with Gasteiger partial charge in [0.1, 0.15) is 5.69 Å². The van der Waals surface area contributed by atoms with E-state index in [2.05, 4.69) is 155 Å². The van der Waals surface area contributed by atoms with Gasteiger partial charge >= 0.3 is 0 Å². The van der Waals surface area contributed by atoms with Gasteiger partial charge in [0.15, 0.2) is 5.82 Å². The quantitative estimate of drug-likeness (QED) is 0.192. The van der Waals surface area contributed by atoms with Crippen LogP contribution in [-0.4, -0.2) is 19.1 Å². The maximum atomic E-state index is 5.45. The van der Waals surface area contributed by atoms with Crippen molar-refractivity contribution >= 4 is 86.2 Å². The van der Waals surface area contributed by atoms with Crippen molar-refractivity contribution in [3.63, 3.8) is 0 Å². The monoisotopic (exact) mass is 642 g/mol. The standard InChI is InChI=1S/C44H26N4S/c1-3-15-27(16-4-1)40-44(46-33-23-11-10-22-32(33)45-40)48-35-25-13-8-20-30(35)38-37-29-19-7-12-24-34(29)47(28-17-5-2-6-18-28)41(37)39-31-21-9-14-26-36(31)49-43(39)42(38)48/h1-26H. The highest BCUT2D eigenvalue weighted by Crippen LogP contribution is 2.51. The van der Waals surface area contributed by atoms with Crippen LogP contribution in [0.25, 0.3) is 97.6 Å². The zero-order valence-corrected chi connectivity index (χ0v) is 27.0. The van der Waals surface area contributed by atoms with E-state index in [1.54, 1.807) is 0 Å². The van der Waals surface area contributed by atoms with E-state index in [9.17, 15) is 0 Å². The summed E-state index contributed by atoms with van der Waals surface area (Å²) in [5.74, 6) is 0.834. The molecule has 0 saturated heterocycles. The number of nitrogens with zero attached hydrogens (tertiary/aromatic N) is 4. The zero-order chi connectivity index (χ0) is 32.1. The van der Waals surface area contributed by atoms with E-state index in [-0.39, 0.29) is 0 Å². The Morgan fingerprint density at radius 1 is 0.429 bits per heavy atom. The first-order valence-corrected chi connectivity index (χ1v) is 17.3. The van der Waals surface area contributed by atoms with Crippen molar-refractivity contribution in [2.45, 2.75) is 0 Å². The van der Waals surface area contributed by atoms with E-state index in [0.29, 0.717) is 0 Å². The largest absolute Gasteiger partial charge is 0.309 e. The minimum absolute atomic E-state index is 0.834. The van der Waals surface area contributed by atoms with Crippen LogP contribution in [0.15, 0.2) is 158 Å². The molecular formula is C44H26N4S. The van der Waals surface area contributed by atoms with E-state index in [0.717, 1.165) is 39.3 Å². The van der Waals surface area contributed by atoms with Gasteiger partial charge in [-0.15, -0.1) is 11.3 Å². The molecular weight excluding hydrogens is 617 g/mol. The van der Waals surface area contributed by atoms with Crippen molar-refractivity contribution < 1.29 is 0 Å². The molecule has 0 fully saturated rings. The summed E-state index contributed by atoms with van der Waals surface area (Å²) in [5.41, 5.74) is 9.52. The van der Waals surface area contributed by atoms with Crippen molar-refractivity contribution in [3.8, 4) is 22.8 Å². The third-order valence-electron chi connectivity index (χ3n) is 9.87. The fourth-order valence-electron chi connectivity index (χ4n) is 7.89. The second kappa shape index (κ2) is 10.1. The molecule has 11 aromatic rings. The van der Waals surface area contributed by atoms with Gasteiger partial charge in [-0.2, -0.15) is 0 Å². The van der Waals surface area contributed by atoms with Gasteiger partial charge in [-0.3, -0.25) is 4.57 Å². The van der Waals surface area contributed by atoms with Crippen molar-refractivity contribution in [1.29, 1.82) is 0 Å². The summed E-state index contributed by atoms with van der Waals surface area (Å²) in [5, 5.41) is 7.47. The van der Waals surface area contributed by atoms with E-state index in [4.69, 9.17) is 9.97 Å². The SMILES string of the molecule is c1ccc(-c2nc3ccccc3nc2-n2c3ccccc3c3c4c5ccccc5n(-c5ccccc5)c4c4c5ccccc5sc4c32)cc1. The lowest BCUT2D eigenvalue weighted by molar-refractivity contribution is 1.08. The Labute approximate surface area is 284 Å². The molecule has 4 heterocycles. The molecule has 0 saturated carbocycles. The number of para-hydroxylation sites is 5. The summed E-state index contributed by atoms with van der Waals surface area (Å²) in [7, 11) is 0. The lowest BCUT2D eigenvalue weighted by Crippen LogP contribution is -2.03.